The minimum absolute atomic E-state index is 0.0565. The lowest BCUT2D eigenvalue weighted by Gasteiger charge is -2.33. The zero-order chi connectivity index (χ0) is 9.19. The second kappa shape index (κ2) is 3.87. The zero-order valence-electron chi connectivity index (χ0n) is 7.19. The highest BCUT2D eigenvalue weighted by molar-refractivity contribution is 8.08. The zero-order valence-corrected chi connectivity index (χ0v) is 8.90. The van der Waals surface area contributed by atoms with E-state index in [1.165, 1.54) is 0 Å². The number of hydrogen-bond donors (Lipinski definition) is 0. The summed E-state index contributed by atoms with van der Waals surface area (Å²) >= 11 is 5.20. The van der Waals surface area contributed by atoms with Crippen LogP contribution in [0.1, 0.15) is 0 Å². The number of rotatable bonds is 1. The van der Waals surface area contributed by atoms with Crippen molar-refractivity contribution in [1.82, 2.24) is 4.67 Å². The highest BCUT2D eigenvalue weighted by Crippen LogP contribution is 2.53. The van der Waals surface area contributed by atoms with Crippen LogP contribution in [0.25, 0.3) is 0 Å². The Kier molecular flexibility index (Phi) is 3.28. The largest absolute Gasteiger partial charge is 0.316 e. The number of nitrogens with zero attached hydrogens (tertiary/aromatic N) is 1. The van der Waals surface area contributed by atoms with Crippen molar-refractivity contribution in [2.45, 2.75) is 0 Å². The van der Waals surface area contributed by atoms with Crippen molar-refractivity contribution < 1.29 is 9.05 Å². The molecule has 0 atom stereocenters. The minimum Gasteiger partial charge on any atom is -0.316 e. The molecule has 0 amide bonds. The van der Waals surface area contributed by atoms with Crippen molar-refractivity contribution in [1.29, 1.82) is 0 Å². The van der Waals surface area contributed by atoms with Crippen LogP contribution >= 0.6 is 6.64 Å². The first-order valence-electron chi connectivity index (χ1n) is 3.61. The normalized spacial score (nSPS) is 36.3. The quantitative estimate of drug-likeness (QED) is 0.471. The average Bonchev–Trinajstić information content (AvgIpc) is 2.06. The Morgan fingerprint density at radius 3 is 2.33 bits per heavy atom. The van der Waals surface area contributed by atoms with Gasteiger partial charge in [-0.05, 0) is 25.9 Å². The van der Waals surface area contributed by atoms with Crippen LogP contribution in [0.3, 0.4) is 0 Å². The molecule has 12 heavy (non-hydrogen) atoms. The van der Waals surface area contributed by atoms with Gasteiger partial charge in [-0.3, -0.25) is 0 Å². The molecule has 1 saturated heterocycles. The molecular weight excluding hydrogens is 193 g/mol. The first kappa shape index (κ1) is 10.2. The van der Waals surface area contributed by atoms with E-state index >= 15 is 0 Å². The molecule has 0 saturated carbocycles. The van der Waals surface area contributed by atoms with Gasteiger partial charge in [0.1, 0.15) is 0 Å². The monoisotopic (exact) mass is 205 g/mol. The second-order valence-electron chi connectivity index (χ2n) is 2.77. The van der Waals surface area contributed by atoms with E-state index in [1.54, 1.807) is 0 Å². The summed E-state index contributed by atoms with van der Waals surface area (Å²) in [6.07, 6.45) is 5.22. The standard InChI is InChI=1S/C7H12NO2PS/c1-4-7-5-9-11(12,8(2)3)10-6-7/h1,7H,5-6H2,2-3H3. The van der Waals surface area contributed by atoms with Gasteiger partial charge < -0.3 is 9.05 Å². The molecule has 1 fully saturated rings. The van der Waals surface area contributed by atoms with E-state index in [0.717, 1.165) is 0 Å². The molecule has 3 nitrogen and oxygen atoms in total. The van der Waals surface area contributed by atoms with Crippen LogP contribution in [0.15, 0.2) is 0 Å². The van der Waals surface area contributed by atoms with Crippen molar-refractivity contribution in [2.24, 2.45) is 5.92 Å². The summed E-state index contributed by atoms with van der Waals surface area (Å²) in [5.74, 6) is 2.64. The molecule has 0 spiro atoms. The first-order chi connectivity index (χ1) is 5.58. The maximum Gasteiger partial charge on any atom is 0.263 e. The van der Waals surface area contributed by atoms with Gasteiger partial charge in [0.25, 0.3) is 6.64 Å². The van der Waals surface area contributed by atoms with Gasteiger partial charge in [-0.2, -0.15) is 0 Å². The lowest BCUT2D eigenvalue weighted by atomic mass is 10.2. The molecule has 0 aliphatic carbocycles. The fourth-order valence-corrected chi connectivity index (χ4v) is 2.42. The van der Waals surface area contributed by atoms with E-state index in [9.17, 15) is 0 Å². The Morgan fingerprint density at radius 2 is 2.00 bits per heavy atom. The Labute approximate surface area is 78.3 Å². The Bertz CT molecular complexity index is 236. The lowest BCUT2D eigenvalue weighted by molar-refractivity contribution is 0.126. The fraction of sp³-hybridized carbons (Fsp3) is 0.714. The van der Waals surface area contributed by atoms with Crippen molar-refractivity contribution >= 4 is 18.4 Å². The number of hydrogen-bond acceptors (Lipinski definition) is 3. The molecule has 0 aromatic rings. The molecule has 1 aliphatic rings. The summed E-state index contributed by atoms with van der Waals surface area (Å²) in [6, 6.07) is 0. The van der Waals surface area contributed by atoms with Gasteiger partial charge in [0.05, 0.1) is 19.1 Å². The molecule has 68 valence electrons. The Hall–Kier alpha value is 0.0900. The van der Waals surface area contributed by atoms with E-state index in [1.807, 2.05) is 18.8 Å². The van der Waals surface area contributed by atoms with Crippen molar-refractivity contribution in [3.63, 3.8) is 0 Å². The van der Waals surface area contributed by atoms with Gasteiger partial charge in [0.15, 0.2) is 0 Å². The summed E-state index contributed by atoms with van der Waals surface area (Å²) < 4.78 is 12.6. The summed E-state index contributed by atoms with van der Waals surface area (Å²) in [5.41, 5.74) is 0. The topological polar surface area (TPSA) is 21.7 Å². The van der Waals surface area contributed by atoms with Crippen molar-refractivity contribution in [3.8, 4) is 12.3 Å². The third kappa shape index (κ3) is 2.07. The van der Waals surface area contributed by atoms with Gasteiger partial charge in [0, 0.05) is 0 Å². The van der Waals surface area contributed by atoms with Crippen LogP contribution < -0.4 is 0 Å². The maximum absolute atomic E-state index is 5.42. The van der Waals surface area contributed by atoms with E-state index in [0.29, 0.717) is 13.2 Å². The fourth-order valence-electron chi connectivity index (χ4n) is 0.781. The van der Waals surface area contributed by atoms with E-state index in [2.05, 4.69) is 5.92 Å². The van der Waals surface area contributed by atoms with Crippen LogP contribution in [-0.2, 0) is 20.9 Å². The summed E-state index contributed by atoms with van der Waals surface area (Å²) in [5, 5.41) is 0. The molecule has 0 aromatic heterocycles. The molecule has 0 bridgehead atoms. The molecule has 1 heterocycles. The molecule has 1 aliphatic heterocycles. The van der Waals surface area contributed by atoms with Gasteiger partial charge in [-0.15, -0.1) is 6.42 Å². The summed E-state index contributed by atoms with van der Waals surface area (Å²) in [6.45, 7) is -1.13. The molecule has 1 rings (SSSR count). The third-order valence-electron chi connectivity index (χ3n) is 1.60. The van der Waals surface area contributed by atoms with Gasteiger partial charge in [-0.1, -0.05) is 5.92 Å². The highest BCUT2D eigenvalue weighted by Gasteiger charge is 2.29. The van der Waals surface area contributed by atoms with Gasteiger partial charge >= 0.3 is 0 Å². The molecule has 0 N–H and O–H groups in total. The van der Waals surface area contributed by atoms with Crippen molar-refractivity contribution in [3.05, 3.63) is 0 Å². The maximum atomic E-state index is 5.42. The van der Waals surface area contributed by atoms with Crippen LogP contribution in [0.4, 0.5) is 0 Å². The van der Waals surface area contributed by atoms with Crippen LogP contribution in [0, 0.1) is 18.3 Å². The average molecular weight is 205 g/mol. The van der Waals surface area contributed by atoms with Crippen LogP contribution in [0.5, 0.6) is 0 Å². The van der Waals surface area contributed by atoms with E-state index < -0.39 is 6.64 Å². The number of terminal acetylenes is 1. The summed E-state index contributed by atoms with van der Waals surface area (Å²) in [4.78, 5) is 0. The predicted molar refractivity (Wildman–Crippen MR) is 52.2 cm³/mol. The van der Waals surface area contributed by atoms with Gasteiger partial charge in [0.2, 0.25) is 0 Å². The minimum atomic E-state index is -2.16. The molecule has 5 heteroatoms. The highest BCUT2D eigenvalue weighted by atomic mass is 32.5. The van der Waals surface area contributed by atoms with E-state index in [4.69, 9.17) is 27.3 Å². The third-order valence-corrected chi connectivity index (χ3v) is 5.15. The lowest BCUT2D eigenvalue weighted by Crippen LogP contribution is -2.25. The Balaban J connectivity index is 2.57. The first-order valence-corrected chi connectivity index (χ1v) is 6.20. The van der Waals surface area contributed by atoms with Gasteiger partial charge in [-0.25, -0.2) is 4.67 Å². The molecule has 0 aromatic carbocycles. The molecular formula is C7H12NO2PS. The molecule has 0 unspecified atom stereocenters. The smallest absolute Gasteiger partial charge is 0.263 e. The predicted octanol–water partition coefficient (Wildman–Crippen LogP) is 1.07. The SMILES string of the molecule is C#CC1COP(=S)(N(C)C)OC1. The summed E-state index contributed by atoms with van der Waals surface area (Å²) in [7, 11) is 3.72. The van der Waals surface area contributed by atoms with Crippen molar-refractivity contribution in [2.75, 3.05) is 27.3 Å². The van der Waals surface area contributed by atoms with Crippen LogP contribution in [-0.4, -0.2) is 32.0 Å². The van der Waals surface area contributed by atoms with E-state index in [-0.39, 0.29) is 5.92 Å². The Morgan fingerprint density at radius 1 is 1.50 bits per heavy atom. The molecule has 0 radical (unpaired) electrons. The second-order valence-corrected chi connectivity index (χ2v) is 6.41. The van der Waals surface area contributed by atoms with Crippen LogP contribution in [0.2, 0.25) is 0 Å².